The van der Waals surface area contributed by atoms with E-state index in [4.69, 9.17) is 9.47 Å². The van der Waals surface area contributed by atoms with Gasteiger partial charge in [-0.2, -0.15) is 0 Å². The number of hydrogen-bond donors (Lipinski definition) is 1. The number of guanidine groups is 1. The number of rotatable bonds is 7. The molecule has 1 saturated heterocycles. The fourth-order valence-electron chi connectivity index (χ4n) is 3.42. The van der Waals surface area contributed by atoms with E-state index in [1.54, 1.807) is 0 Å². The molecule has 2 aromatic rings. The molecule has 0 bridgehead atoms. The van der Waals surface area contributed by atoms with Crippen molar-refractivity contribution in [1.82, 2.24) is 10.2 Å². The topological polar surface area (TPSA) is 49.3 Å². The lowest BCUT2D eigenvalue weighted by atomic mass is 10.2. The third-order valence-electron chi connectivity index (χ3n) is 4.99. The van der Waals surface area contributed by atoms with Gasteiger partial charge in [-0.05, 0) is 42.3 Å². The van der Waals surface area contributed by atoms with Crippen molar-refractivity contribution in [3.05, 3.63) is 59.7 Å². The van der Waals surface area contributed by atoms with Crippen LogP contribution in [0.1, 0.15) is 18.1 Å². The quantitative estimate of drug-likeness (QED) is 0.340. The number of benzene rings is 2. The van der Waals surface area contributed by atoms with Crippen LogP contribution in [0.15, 0.2) is 53.5 Å². The van der Waals surface area contributed by atoms with Crippen LogP contribution in [0.2, 0.25) is 0 Å². The molecule has 0 aliphatic carbocycles. The molecular weight excluding hydrogens is 491 g/mol. The summed E-state index contributed by atoms with van der Waals surface area (Å²) in [5.74, 6) is 1.78. The molecule has 0 atom stereocenters. The van der Waals surface area contributed by atoms with Crippen LogP contribution >= 0.6 is 24.0 Å². The van der Waals surface area contributed by atoms with E-state index in [0.717, 1.165) is 51.1 Å². The van der Waals surface area contributed by atoms with Crippen molar-refractivity contribution in [1.29, 1.82) is 0 Å². The van der Waals surface area contributed by atoms with Gasteiger partial charge in [-0.3, -0.25) is 4.99 Å². The third kappa shape index (κ3) is 7.05. The molecule has 0 unspecified atom stereocenters. The highest BCUT2D eigenvalue weighted by Crippen LogP contribution is 2.17. The summed E-state index contributed by atoms with van der Waals surface area (Å²) in [5, 5.41) is 3.45. The van der Waals surface area contributed by atoms with Crippen molar-refractivity contribution >= 4 is 35.6 Å². The SMILES string of the molecule is CCOc1ccc(CN(C)C(=NC)NCc2ccc(N3CCOCC3)cc2)cc1.I. The lowest BCUT2D eigenvalue weighted by Crippen LogP contribution is -2.38. The highest BCUT2D eigenvalue weighted by molar-refractivity contribution is 14.0. The second-order valence-electron chi connectivity index (χ2n) is 7.10. The maximum atomic E-state index is 5.51. The Morgan fingerprint density at radius 3 is 2.30 bits per heavy atom. The Morgan fingerprint density at radius 2 is 1.70 bits per heavy atom. The van der Waals surface area contributed by atoms with Gasteiger partial charge in [-0.15, -0.1) is 24.0 Å². The van der Waals surface area contributed by atoms with E-state index in [1.807, 2.05) is 33.2 Å². The van der Waals surface area contributed by atoms with Crippen LogP contribution in [-0.2, 0) is 17.8 Å². The number of anilines is 1. The normalized spacial score (nSPS) is 14.1. The Morgan fingerprint density at radius 1 is 1.07 bits per heavy atom. The fourth-order valence-corrected chi connectivity index (χ4v) is 3.42. The molecule has 2 aromatic carbocycles. The molecule has 1 heterocycles. The lowest BCUT2D eigenvalue weighted by molar-refractivity contribution is 0.122. The number of ether oxygens (including phenoxy) is 2. The number of hydrogen-bond acceptors (Lipinski definition) is 4. The van der Waals surface area contributed by atoms with Gasteiger partial charge in [-0.25, -0.2) is 0 Å². The monoisotopic (exact) mass is 524 g/mol. The predicted octanol–water partition coefficient (Wildman–Crippen LogP) is 3.75. The summed E-state index contributed by atoms with van der Waals surface area (Å²) in [5.41, 5.74) is 3.71. The van der Waals surface area contributed by atoms with Crippen molar-refractivity contribution in [2.45, 2.75) is 20.0 Å². The molecule has 0 aromatic heterocycles. The summed E-state index contributed by atoms with van der Waals surface area (Å²) in [6.07, 6.45) is 0. The van der Waals surface area contributed by atoms with Crippen LogP contribution in [0.3, 0.4) is 0 Å². The Kier molecular flexibility index (Phi) is 10.2. The second-order valence-corrected chi connectivity index (χ2v) is 7.10. The van der Waals surface area contributed by atoms with Gasteiger partial charge in [0.05, 0.1) is 19.8 Å². The van der Waals surface area contributed by atoms with E-state index >= 15 is 0 Å². The molecule has 164 valence electrons. The molecule has 7 heteroatoms. The average molecular weight is 524 g/mol. The zero-order valence-corrected chi connectivity index (χ0v) is 20.5. The summed E-state index contributed by atoms with van der Waals surface area (Å²) < 4.78 is 10.9. The average Bonchev–Trinajstić information content (AvgIpc) is 2.77. The molecule has 3 rings (SSSR count). The number of halogens is 1. The summed E-state index contributed by atoms with van der Waals surface area (Å²) in [6, 6.07) is 17.0. The molecule has 30 heavy (non-hydrogen) atoms. The minimum atomic E-state index is 0. The van der Waals surface area contributed by atoms with Crippen LogP contribution in [-0.4, -0.2) is 57.9 Å². The molecule has 1 aliphatic rings. The first-order valence-electron chi connectivity index (χ1n) is 10.2. The molecule has 1 fully saturated rings. The van der Waals surface area contributed by atoms with Gasteiger partial charge in [0.15, 0.2) is 5.96 Å². The van der Waals surface area contributed by atoms with Crippen LogP contribution in [0, 0.1) is 0 Å². The highest BCUT2D eigenvalue weighted by atomic mass is 127. The molecule has 0 spiro atoms. The highest BCUT2D eigenvalue weighted by Gasteiger charge is 2.11. The van der Waals surface area contributed by atoms with E-state index in [-0.39, 0.29) is 24.0 Å². The zero-order valence-electron chi connectivity index (χ0n) is 18.1. The smallest absolute Gasteiger partial charge is 0.193 e. The van der Waals surface area contributed by atoms with Crippen molar-refractivity contribution in [3.63, 3.8) is 0 Å². The van der Waals surface area contributed by atoms with Crippen LogP contribution in [0.4, 0.5) is 5.69 Å². The molecule has 0 amide bonds. The molecule has 6 nitrogen and oxygen atoms in total. The first kappa shape index (κ1) is 24.3. The van der Waals surface area contributed by atoms with Gasteiger partial charge in [0.2, 0.25) is 0 Å². The van der Waals surface area contributed by atoms with Crippen molar-refractivity contribution in [2.24, 2.45) is 4.99 Å². The second kappa shape index (κ2) is 12.6. The third-order valence-corrected chi connectivity index (χ3v) is 4.99. The van der Waals surface area contributed by atoms with E-state index < -0.39 is 0 Å². The Balaban J connectivity index is 0.00000320. The van der Waals surface area contributed by atoms with Gasteiger partial charge in [0.25, 0.3) is 0 Å². The molecule has 1 aliphatic heterocycles. The van der Waals surface area contributed by atoms with Gasteiger partial charge < -0.3 is 24.6 Å². The van der Waals surface area contributed by atoms with Crippen molar-refractivity contribution in [2.75, 3.05) is 51.9 Å². The van der Waals surface area contributed by atoms with E-state index in [9.17, 15) is 0 Å². The molecule has 0 saturated carbocycles. The van der Waals surface area contributed by atoms with Crippen LogP contribution in [0.5, 0.6) is 5.75 Å². The fraction of sp³-hybridized carbons (Fsp3) is 0.435. The van der Waals surface area contributed by atoms with Gasteiger partial charge in [0, 0.05) is 46.0 Å². The standard InChI is InChI=1S/C23H32N4O2.HI/c1-4-29-22-11-7-20(8-12-22)18-26(3)23(24-2)25-17-19-5-9-21(10-6-19)27-13-15-28-16-14-27;/h5-12H,4,13-18H2,1-3H3,(H,24,25);1H. The lowest BCUT2D eigenvalue weighted by Gasteiger charge is -2.29. The molecular formula is C23H33IN4O2. The summed E-state index contributed by atoms with van der Waals surface area (Å²) >= 11 is 0. The summed E-state index contributed by atoms with van der Waals surface area (Å²) in [7, 11) is 3.87. The predicted molar refractivity (Wildman–Crippen MR) is 134 cm³/mol. The summed E-state index contributed by atoms with van der Waals surface area (Å²) in [4.78, 5) is 8.91. The van der Waals surface area contributed by atoms with E-state index in [1.165, 1.54) is 16.8 Å². The maximum absolute atomic E-state index is 5.51. The van der Waals surface area contributed by atoms with E-state index in [0.29, 0.717) is 6.61 Å². The number of nitrogens with one attached hydrogen (secondary N) is 1. The van der Waals surface area contributed by atoms with Crippen molar-refractivity contribution in [3.8, 4) is 5.75 Å². The number of aliphatic imine (C=N–C) groups is 1. The van der Waals surface area contributed by atoms with Crippen LogP contribution in [0.25, 0.3) is 0 Å². The Labute approximate surface area is 197 Å². The largest absolute Gasteiger partial charge is 0.494 e. The Bertz CT molecular complexity index is 775. The number of nitrogens with zero attached hydrogens (tertiary/aromatic N) is 3. The number of morpholine rings is 1. The van der Waals surface area contributed by atoms with Gasteiger partial charge in [-0.1, -0.05) is 24.3 Å². The minimum absolute atomic E-state index is 0. The van der Waals surface area contributed by atoms with Crippen LogP contribution < -0.4 is 15.0 Å². The first-order chi connectivity index (χ1) is 14.2. The van der Waals surface area contributed by atoms with E-state index in [2.05, 4.69) is 56.5 Å². The van der Waals surface area contributed by atoms with Gasteiger partial charge >= 0.3 is 0 Å². The van der Waals surface area contributed by atoms with Crippen molar-refractivity contribution < 1.29 is 9.47 Å². The summed E-state index contributed by atoms with van der Waals surface area (Å²) in [6.45, 7) is 7.73. The zero-order chi connectivity index (χ0) is 20.5. The first-order valence-corrected chi connectivity index (χ1v) is 10.2. The minimum Gasteiger partial charge on any atom is -0.494 e. The maximum Gasteiger partial charge on any atom is 0.193 e. The molecule has 0 radical (unpaired) electrons. The van der Waals surface area contributed by atoms with Gasteiger partial charge in [0.1, 0.15) is 5.75 Å². The Hall–Kier alpha value is -2.00. The molecule has 1 N–H and O–H groups in total.